The molecule has 0 bridgehead atoms. The largest absolute Gasteiger partial charge is 0.382 e. The number of nitro groups is 1. The van der Waals surface area contributed by atoms with E-state index in [2.05, 4.69) is 15.2 Å². The van der Waals surface area contributed by atoms with E-state index in [1.165, 1.54) is 13.0 Å². The SMILES string of the molecule is Cc1c(N/N=C(\C#N)C(=N)N)cc(S(=O)(=O)NC2CC2)cc1[N+](=O)[O-]. The molecule has 1 aliphatic carbocycles. The second kappa shape index (κ2) is 6.83. The molecule has 0 spiro atoms. The van der Waals surface area contributed by atoms with Crippen molar-refractivity contribution in [1.29, 1.82) is 10.7 Å². The number of rotatable bonds is 7. The third-order valence-corrected chi connectivity index (χ3v) is 4.91. The molecule has 5 N–H and O–H groups in total. The van der Waals surface area contributed by atoms with E-state index in [9.17, 15) is 18.5 Å². The van der Waals surface area contributed by atoms with Crippen LogP contribution < -0.4 is 15.9 Å². The molecule has 0 radical (unpaired) electrons. The summed E-state index contributed by atoms with van der Waals surface area (Å²) in [6.45, 7) is 1.40. The van der Waals surface area contributed by atoms with Gasteiger partial charge < -0.3 is 5.73 Å². The zero-order valence-electron chi connectivity index (χ0n) is 13.1. The average Bonchev–Trinajstić information content (AvgIpc) is 3.31. The molecule has 2 rings (SSSR count). The van der Waals surface area contributed by atoms with Gasteiger partial charge in [0.2, 0.25) is 15.7 Å². The Bertz CT molecular complexity index is 913. The van der Waals surface area contributed by atoms with Gasteiger partial charge in [-0.25, -0.2) is 13.1 Å². The third-order valence-electron chi connectivity index (χ3n) is 3.41. The zero-order chi connectivity index (χ0) is 18.8. The molecule has 1 aromatic carbocycles. The minimum Gasteiger partial charge on any atom is -0.382 e. The maximum Gasteiger partial charge on any atom is 0.275 e. The quantitative estimate of drug-likeness (QED) is 0.235. The molecule has 0 heterocycles. The fourth-order valence-corrected chi connectivity index (χ4v) is 3.23. The molecule has 11 nitrogen and oxygen atoms in total. The van der Waals surface area contributed by atoms with Crippen LogP contribution in [0.25, 0.3) is 0 Å². The van der Waals surface area contributed by atoms with Gasteiger partial charge in [-0.3, -0.25) is 20.9 Å². The van der Waals surface area contributed by atoms with Gasteiger partial charge in [0.1, 0.15) is 6.07 Å². The molecule has 0 aromatic heterocycles. The monoisotopic (exact) mass is 365 g/mol. The molecular weight excluding hydrogens is 350 g/mol. The van der Waals surface area contributed by atoms with Gasteiger partial charge in [-0.1, -0.05) is 0 Å². The summed E-state index contributed by atoms with van der Waals surface area (Å²) in [5, 5.41) is 30.8. The first kappa shape index (κ1) is 18.3. The fourth-order valence-electron chi connectivity index (χ4n) is 1.88. The number of nitrogens with zero attached hydrogens (tertiary/aromatic N) is 3. The summed E-state index contributed by atoms with van der Waals surface area (Å²) in [4.78, 5) is 10.2. The van der Waals surface area contributed by atoms with Gasteiger partial charge in [0.25, 0.3) is 5.69 Å². The van der Waals surface area contributed by atoms with Crippen LogP contribution in [-0.2, 0) is 10.0 Å². The van der Waals surface area contributed by atoms with Gasteiger partial charge in [-0.05, 0) is 25.8 Å². The highest BCUT2D eigenvalue weighted by molar-refractivity contribution is 7.89. The summed E-state index contributed by atoms with van der Waals surface area (Å²) in [6.07, 6.45) is 1.43. The van der Waals surface area contributed by atoms with Crippen LogP contribution >= 0.6 is 0 Å². The lowest BCUT2D eigenvalue weighted by Gasteiger charge is -2.11. The van der Waals surface area contributed by atoms with Crippen molar-refractivity contribution >= 4 is 32.9 Å². The van der Waals surface area contributed by atoms with Crippen LogP contribution in [0.1, 0.15) is 18.4 Å². The minimum atomic E-state index is -3.93. The second-order valence-corrected chi connectivity index (χ2v) is 7.08. The van der Waals surface area contributed by atoms with E-state index in [1.807, 2.05) is 0 Å². The molecule has 1 aliphatic rings. The number of hydrogen-bond acceptors (Lipinski definition) is 8. The molecule has 0 atom stereocenters. The Morgan fingerprint density at radius 3 is 2.64 bits per heavy atom. The minimum absolute atomic E-state index is 0.0133. The lowest BCUT2D eigenvalue weighted by Crippen LogP contribution is -2.26. The second-order valence-electron chi connectivity index (χ2n) is 5.37. The number of hydrazone groups is 1. The summed E-state index contributed by atoms with van der Waals surface area (Å²) in [7, 11) is -3.93. The lowest BCUT2D eigenvalue weighted by atomic mass is 10.1. The predicted molar refractivity (Wildman–Crippen MR) is 89.8 cm³/mol. The first-order valence-corrected chi connectivity index (χ1v) is 8.53. The standard InChI is InChI=1S/C13H15N7O4S/c1-7-10(17-18-11(6-14)13(15)16)4-9(5-12(7)20(21)22)25(23,24)19-8-2-3-8/h4-5,8,17,19H,2-3H2,1H3,(H3,15,16)/b18-11+. The van der Waals surface area contributed by atoms with E-state index < -0.39 is 32.2 Å². The van der Waals surface area contributed by atoms with E-state index >= 15 is 0 Å². The Labute approximate surface area is 143 Å². The van der Waals surface area contributed by atoms with Crippen LogP contribution in [0.2, 0.25) is 0 Å². The number of hydrogen-bond donors (Lipinski definition) is 4. The van der Waals surface area contributed by atoms with Gasteiger partial charge in [-0.15, -0.1) is 0 Å². The smallest absolute Gasteiger partial charge is 0.275 e. The van der Waals surface area contributed by atoms with Crippen molar-refractivity contribution in [2.45, 2.75) is 30.7 Å². The molecule has 1 aromatic rings. The molecule has 0 unspecified atom stereocenters. The molecule has 0 saturated heterocycles. The van der Waals surface area contributed by atoms with Crippen molar-refractivity contribution in [3.63, 3.8) is 0 Å². The molecule has 12 heteroatoms. The molecule has 0 amide bonds. The fraction of sp³-hybridized carbons (Fsp3) is 0.308. The zero-order valence-corrected chi connectivity index (χ0v) is 13.9. The highest BCUT2D eigenvalue weighted by atomic mass is 32.2. The molecule has 0 aliphatic heterocycles. The van der Waals surface area contributed by atoms with Crippen LogP contribution in [0.3, 0.4) is 0 Å². The van der Waals surface area contributed by atoms with E-state index in [-0.39, 0.29) is 22.2 Å². The van der Waals surface area contributed by atoms with E-state index in [0.29, 0.717) is 12.8 Å². The normalized spacial score (nSPS) is 14.6. The lowest BCUT2D eigenvalue weighted by molar-refractivity contribution is -0.385. The number of nitriles is 1. The van der Waals surface area contributed by atoms with Crippen LogP contribution in [0.5, 0.6) is 0 Å². The Morgan fingerprint density at radius 2 is 2.16 bits per heavy atom. The molecule has 1 saturated carbocycles. The highest BCUT2D eigenvalue weighted by Crippen LogP contribution is 2.31. The van der Waals surface area contributed by atoms with Gasteiger partial charge in [0.05, 0.1) is 21.1 Å². The summed E-state index contributed by atoms with van der Waals surface area (Å²) in [6, 6.07) is 3.55. The van der Waals surface area contributed by atoms with Gasteiger partial charge >= 0.3 is 0 Å². The van der Waals surface area contributed by atoms with E-state index in [1.54, 1.807) is 6.07 Å². The summed E-state index contributed by atoms with van der Waals surface area (Å²) < 4.78 is 27.1. The molecule has 1 fully saturated rings. The van der Waals surface area contributed by atoms with Crippen molar-refractivity contribution in [3.8, 4) is 6.07 Å². The Hall–Kier alpha value is -3.04. The number of nitrogens with one attached hydrogen (secondary N) is 3. The summed E-state index contributed by atoms with van der Waals surface area (Å²) in [5.74, 6) is -0.596. The number of benzene rings is 1. The summed E-state index contributed by atoms with van der Waals surface area (Å²) >= 11 is 0. The molecule has 132 valence electrons. The van der Waals surface area contributed by atoms with Crippen molar-refractivity contribution < 1.29 is 13.3 Å². The first-order valence-electron chi connectivity index (χ1n) is 7.05. The first-order chi connectivity index (χ1) is 11.7. The Balaban J connectivity index is 2.50. The maximum absolute atomic E-state index is 12.3. The maximum atomic E-state index is 12.3. The van der Waals surface area contributed by atoms with Crippen LogP contribution in [-0.4, -0.2) is 30.9 Å². The van der Waals surface area contributed by atoms with E-state index in [0.717, 1.165) is 6.07 Å². The third kappa shape index (κ3) is 4.28. The highest BCUT2D eigenvalue weighted by Gasteiger charge is 2.30. The van der Waals surface area contributed by atoms with Crippen LogP contribution in [0, 0.1) is 33.8 Å². The van der Waals surface area contributed by atoms with Crippen molar-refractivity contribution in [2.75, 3.05) is 5.43 Å². The van der Waals surface area contributed by atoms with Crippen molar-refractivity contribution in [3.05, 3.63) is 27.8 Å². The molecule has 25 heavy (non-hydrogen) atoms. The number of amidine groups is 1. The number of anilines is 1. The van der Waals surface area contributed by atoms with E-state index in [4.69, 9.17) is 16.4 Å². The number of sulfonamides is 1. The number of nitro benzene ring substituents is 1. The number of nitrogens with two attached hydrogens (primary N) is 1. The molecular formula is C13H15N7O4S. The van der Waals surface area contributed by atoms with Gasteiger partial charge in [0, 0.05) is 12.1 Å². The van der Waals surface area contributed by atoms with Gasteiger partial charge in [0.15, 0.2) is 5.84 Å². The van der Waals surface area contributed by atoms with Crippen molar-refractivity contribution in [2.24, 2.45) is 10.8 Å². The Morgan fingerprint density at radius 1 is 1.52 bits per heavy atom. The predicted octanol–water partition coefficient (Wildman–Crippen LogP) is 0.571. The van der Waals surface area contributed by atoms with Crippen LogP contribution in [0.4, 0.5) is 11.4 Å². The summed E-state index contributed by atoms with van der Waals surface area (Å²) in [5.41, 5.74) is 6.82. The van der Waals surface area contributed by atoms with Gasteiger partial charge in [-0.2, -0.15) is 10.4 Å². The topological polar surface area (TPSA) is 187 Å². The average molecular weight is 365 g/mol. The van der Waals surface area contributed by atoms with Crippen molar-refractivity contribution in [1.82, 2.24) is 4.72 Å². The Kier molecular flexibility index (Phi) is 5.00. The van der Waals surface area contributed by atoms with Crippen LogP contribution in [0.15, 0.2) is 22.1 Å².